The van der Waals surface area contributed by atoms with Crippen LogP contribution in [-0.2, 0) is 46.2 Å². The van der Waals surface area contributed by atoms with Crippen molar-refractivity contribution in [1.82, 2.24) is 0 Å². The average Bonchev–Trinajstić information content (AvgIpc) is 2.61. The molecule has 5 atom stereocenters. The van der Waals surface area contributed by atoms with Gasteiger partial charge in [-0.1, -0.05) is 38.1 Å². The van der Waals surface area contributed by atoms with Gasteiger partial charge in [-0.05, 0) is 30.4 Å². The topological polar surface area (TPSA) is 88.1 Å². The van der Waals surface area contributed by atoms with E-state index in [4.69, 9.17) is 18.9 Å². The number of benzene rings is 1. The fourth-order valence-corrected chi connectivity index (χ4v) is 3.79. The van der Waals surface area contributed by atoms with Crippen molar-refractivity contribution in [2.45, 2.75) is 84.9 Å². The summed E-state index contributed by atoms with van der Waals surface area (Å²) in [5, 5.41) is 0. The predicted octanol–water partition coefficient (Wildman–Crippen LogP) is 3.01. The van der Waals surface area contributed by atoms with Crippen LogP contribution < -0.4 is 0 Å². The number of carbonyl (C=O) groups is 3. The third-order valence-electron chi connectivity index (χ3n) is 4.88. The summed E-state index contributed by atoms with van der Waals surface area (Å²) in [5.74, 6) is -1.06. The highest BCUT2D eigenvalue weighted by atomic mass is 16.6. The molecule has 2 rings (SSSR count). The fraction of sp³-hybridized carbons (Fsp3) is 0.609. The Balaban J connectivity index is 2.28. The summed E-state index contributed by atoms with van der Waals surface area (Å²) in [6, 6.07) is 8.20. The normalized spacial score (nSPS) is 26.2. The molecule has 1 aromatic rings. The minimum atomic E-state index is -0.954. The summed E-state index contributed by atoms with van der Waals surface area (Å²) in [6.45, 7) is 9.89. The Morgan fingerprint density at radius 1 is 0.833 bits per heavy atom. The van der Waals surface area contributed by atoms with E-state index in [0.717, 1.165) is 12.0 Å². The van der Waals surface area contributed by atoms with Gasteiger partial charge in [-0.2, -0.15) is 0 Å². The van der Waals surface area contributed by atoms with E-state index < -0.39 is 48.4 Å². The lowest BCUT2D eigenvalue weighted by molar-refractivity contribution is -0.243. The van der Waals surface area contributed by atoms with Crippen LogP contribution in [-0.4, -0.2) is 48.4 Å². The van der Waals surface area contributed by atoms with Crippen LogP contribution in [0.1, 0.15) is 52.7 Å². The second-order valence-electron chi connectivity index (χ2n) is 8.22. The van der Waals surface area contributed by atoms with Crippen LogP contribution in [0.15, 0.2) is 24.3 Å². The lowest BCUT2D eigenvalue weighted by atomic mass is 9.90. The van der Waals surface area contributed by atoms with Crippen molar-refractivity contribution < 1.29 is 33.3 Å². The zero-order valence-electron chi connectivity index (χ0n) is 18.5. The maximum Gasteiger partial charge on any atom is 0.303 e. The van der Waals surface area contributed by atoms with Gasteiger partial charge in [-0.25, -0.2) is 0 Å². The van der Waals surface area contributed by atoms with Gasteiger partial charge in [0.05, 0.1) is 6.10 Å². The number of hydrogen-bond acceptors (Lipinski definition) is 7. The average molecular weight is 421 g/mol. The number of ether oxygens (including phenoxy) is 4. The molecule has 0 N–H and O–H groups in total. The molecule has 0 amide bonds. The molecule has 0 aliphatic carbocycles. The lowest BCUT2D eigenvalue weighted by Crippen LogP contribution is -2.61. The summed E-state index contributed by atoms with van der Waals surface area (Å²) in [6.07, 6.45) is -2.39. The number of carbonyl (C=O) groups excluding carboxylic acids is 3. The highest BCUT2D eigenvalue weighted by molar-refractivity contribution is 5.68. The van der Waals surface area contributed by atoms with Crippen molar-refractivity contribution in [2.75, 3.05) is 0 Å². The van der Waals surface area contributed by atoms with E-state index in [9.17, 15) is 14.4 Å². The Morgan fingerprint density at radius 2 is 1.30 bits per heavy atom. The molecule has 0 bridgehead atoms. The van der Waals surface area contributed by atoms with Crippen molar-refractivity contribution in [1.29, 1.82) is 0 Å². The molecule has 5 unspecified atom stereocenters. The van der Waals surface area contributed by atoms with Crippen molar-refractivity contribution >= 4 is 17.9 Å². The summed E-state index contributed by atoms with van der Waals surface area (Å²) in [4.78, 5) is 35.1. The van der Waals surface area contributed by atoms with Gasteiger partial charge in [0.15, 0.2) is 18.3 Å². The first-order valence-corrected chi connectivity index (χ1v) is 10.3. The smallest absolute Gasteiger partial charge is 0.303 e. The summed E-state index contributed by atoms with van der Waals surface area (Å²) in [5.41, 5.74) is 2.25. The van der Waals surface area contributed by atoms with Crippen LogP contribution in [0.2, 0.25) is 0 Å². The van der Waals surface area contributed by atoms with E-state index in [1.54, 1.807) is 6.92 Å². The van der Waals surface area contributed by atoms with Gasteiger partial charge in [0.2, 0.25) is 0 Å². The molecule has 0 aromatic heterocycles. The third-order valence-corrected chi connectivity index (χ3v) is 4.88. The Kier molecular flexibility index (Phi) is 8.41. The van der Waals surface area contributed by atoms with Gasteiger partial charge in [-0.15, -0.1) is 0 Å². The number of rotatable bonds is 7. The van der Waals surface area contributed by atoms with Gasteiger partial charge in [0, 0.05) is 27.2 Å². The molecule has 0 radical (unpaired) electrons. The first-order valence-electron chi connectivity index (χ1n) is 10.3. The molecule has 1 aliphatic rings. The minimum absolute atomic E-state index is 0.453. The van der Waals surface area contributed by atoms with E-state index in [2.05, 4.69) is 26.0 Å². The van der Waals surface area contributed by atoms with Crippen molar-refractivity contribution in [2.24, 2.45) is 5.92 Å². The highest BCUT2D eigenvalue weighted by Crippen LogP contribution is 2.30. The zero-order chi connectivity index (χ0) is 22.4. The largest absolute Gasteiger partial charge is 0.456 e. The van der Waals surface area contributed by atoms with Crippen LogP contribution >= 0.6 is 0 Å². The standard InChI is InChI=1S/C23H32O7/c1-13(2)11-18-7-9-19(10-8-18)12-20-22(29-16(5)25)23(30-17(6)26)21(14(3)27-20)28-15(4)24/h7-10,13-14,20-23H,11-12H2,1-6H3. The van der Waals surface area contributed by atoms with Gasteiger partial charge in [0.1, 0.15) is 6.10 Å². The molecule has 0 saturated carbocycles. The molecule has 30 heavy (non-hydrogen) atoms. The maximum atomic E-state index is 11.8. The van der Waals surface area contributed by atoms with Gasteiger partial charge >= 0.3 is 17.9 Å². The predicted molar refractivity (Wildman–Crippen MR) is 110 cm³/mol. The molecular formula is C23H32O7. The monoisotopic (exact) mass is 420 g/mol. The van der Waals surface area contributed by atoms with Crippen molar-refractivity contribution in [3.05, 3.63) is 35.4 Å². The first-order chi connectivity index (χ1) is 14.1. The van der Waals surface area contributed by atoms with Crippen molar-refractivity contribution in [3.63, 3.8) is 0 Å². The van der Waals surface area contributed by atoms with Crippen LogP contribution in [0.3, 0.4) is 0 Å². The van der Waals surface area contributed by atoms with E-state index in [1.165, 1.54) is 26.3 Å². The third kappa shape index (κ3) is 6.83. The summed E-state index contributed by atoms with van der Waals surface area (Å²) >= 11 is 0. The van der Waals surface area contributed by atoms with Crippen LogP contribution in [0.5, 0.6) is 0 Å². The summed E-state index contributed by atoms with van der Waals surface area (Å²) in [7, 11) is 0. The quantitative estimate of drug-likeness (QED) is 0.495. The van der Waals surface area contributed by atoms with Crippen LogP contribution in [0.25, 0.3) is 0 Å². The Bertz CT molecular complexity index is 740. The minimum Gasteiger partial charge on any atom is -0.456 e. The molecule has 0 spiro atoms. The molecule has 166 valence electrons. The molecule has 1 aliphatic heterocycles. The number of hydrogen-bond donors (Lipinski definition) is 0. The van der Waals surface area contributed by atoms with E-state index in [1.807, 2.05) is 12.1 Å². The van der Waals surface area contributed by atoms with Crippen LogP contribution in [0, 0.1) is 5.92 Å². The van der Waals surface area contributed by atoms with E-state index in [-0.39, 0.29) is 0 Å². The molecular weight excluding hydrogens is 388 g/mol. The van der Waals surface area contributed by atoms with Gasteiger partial charge < -0.3 is 18.9 Å². The Labute approximate surface area is 178 Å². The molecule has 7 heteroatoms. The zero-order valence-corrected chi connectivity index (χ0v) is 18.5. The Morgan fingerprint density at radius 3 is 1.80 bits per heavy atom. The van der Waals surface area contributed by atoms with Gasteiger partial charge in [-0.3, -0.25) is 14.4 Å². The maximum absolute atomic E-state index is 11.8. The molecule has 7 nitrogen and oxygen atoms in total. The lowest BCUT2D eigenvalue weighted by Gasteiger charge is -2.44. The van der Waals surface area contributed by atoms with Gasteiger partial charge in [0.25, 0.3) is 0 Å². The fourth-order valence-electron chi connectivity index (χ4n) is 3.79. The first kappa shape index (κ1) is 23.9. The Hall–Kier alpha value is -2.41. The second-order valence-corrected chi connectivity index (χ2v) is 8.22. The van der Waals surface area contributed by atoms with Crippen LogP contribution in [0.4, 0.5) is 0 Å². The van der Waals surface area contributed by atoms with Crippen molar-refractivity contribution in [3.8, 4) is 0 Å². The molecule has 1 saturated heterocycles. The highest BCUT2D eigenvalue weighted by Gasteiger charge is 2.50. The van der Waals surface area contributed by atoms with E-state index >= 15 is 0 Å². The second kappa shape index (κ2) is 10.6. The molecule has 1 heterocycles. The van der Waals surface area contributed by atoms with E-state index in [0.29, 0.717) is 12.3 Å². The SMILES string of the molecule is CC(=O)OC1C(C)OC(Cc2ccc(CC(C)C)cc2)C(OC(C)=O)C1OC(C)=O. The molecule has 1 aromatic carbocycles. The summed E-state index contributed by atoms with van der Waals surface area (Å²) < 4.78 is 22.4. The number of esters is 3. The molecule has 1 fully saturated rings.